The number of carboxylic acid groups (broad SMARTS) is 1. The lowest BCUT2D eigenvalue weighted by atomic mass is 10.3. The van der Waals surface area contributed by atoms with E-state index in [9.17, 15) is 18.0 Å². The maximum atomic E-state index is 11.4. The van der Waals surface area contributed by atoms with E-state index in [0.29, 0.717) is 12.8 Å². The molecule has 0 atom stereocenters. The van der Waals surface area contributed by atoms with Crippen LogP contribution in [-0.2, 0) is 24.2 Å². The molecule has 100 valence electrons. The molecule has 0 rings (SSSR count). The second-order valence-electron chi connectivity index (χ2n) is 3.56. The highest BCUT2D eigenvalue weighted by Gasteiger charge is 2.14. The van der Waals surface area contributed by atoms with Crippen LogP contribution in [0.2, 0.25) is 0 Å². The Morgan fingerprint density at radius 2 is 1.76 bits per heavy atom. The molecule has 0 saturated carbocycles. The number of ether oxygens (including phenoxy) is 1. The van der Waals surface area contributed by atoms with E-state index in [1.165, 1.54) is 0 Å². The minimum absolute atomic E-state index is 0.0343. The summed E-state index contributed by atoms with van der Waals surface area (Å²) in [6, 6.07) is 0. The molecule has 0 radical (unpaired) electrons. The number of carbonyl (C=O) groups excluding carboxylic acids is 1. The van der Waals surface area contributed by atoms with Crippen LogP contribution < -0.4 is 0 Å². The monoisotopic (exact) mass is 266 g/mol. The first-order chi connectivity index (χ1) is 7.87. The molecule has 0 heterocycles. The summed E-state index contributed by atoms with van der Waals surface area (Å²) in [4.78, 5) is 21.1. The zero-order chi connectivity index (χ0) is 13.3. The second kappa shape index (κ2) is 8.05. The van der Waals surface area contributed by atoms with Crippen molar-refractivity contribution in [2.45, 2.75) is 32.6 Å². The lowest BCUT2D eigenvalue weighted by Gasteiger charge is -2.03. The summed E-state index contributed by atoms with van der Waals surface area (Å²) in [5, 5.41) is 8.37. The number of hydrogen-bond donors (Lipinski definition) is 1. The van der Waals surface area contributed by atoms with Crippen molar-refractivity contribution in [1.29, 1.82) is 0 Å². The van der Waals surface area contributed by atoms with Crippen LogP contribution in [0, 0.1) is 0 Å². The molecule has 0 aliphatic carbocycles. The van der Waals surface area contributed by atoms with E-state index in [2.05, 4.69) is 4.74 Å². The molecule has 0 aliphatic rings. The Morgan fingerprint density at radius 3 is 2.29 bits per heavy atom. The third-order valence-electron chi connectivity index (χ3n) is 2.02. The van der Waals surface area contributed by atoms with Gasteiger partial charge in [0.1, 0.15) is 0 Å². The van der Waals surface area contributed by atoms with Crippen LogP contribution in [0.25, 0.3) is 0 Å². The van der Waals surface area contributed by atoms with E-state index in [1.54, 1.807) is 6.92 Å². The smallest absolute Gasteiger partial charge is 0.306 e. The number of hydrogen-bond acceptors (Lipinski definition) is 5. The quantitative estimate of drug-likeness (QED) is 0.485. The maximum absolute atomic E-state index is 11.4. The predicted octanol–water partition coefficient (Wildman–Crippen LogP) is 0.609. The fraction of sp³-hybridized carbons (Fsp3) is 0.800. The van der Waals surface area contributed by atoms with E-state index >= 15 is 0 Å². The zero-order valence-electron chi connectivity index (χ0n) is 9.85. The van der Waals surface area contributed by atoms with Gasteiger partial charge in [-0.05, 0) is 19.8 Å². The van der Waals surface area contributed by atoms with Crippen molar-refractivity contribution in [3.63, 3.8) is 0 Å². The SMILES string of the molecule is CCOC(=O)CCS(=O)(=O)CCCCC(=O)O. The number of carboxylic acids is 1. The molecular formula is C10H18O6S. The van der Waals surface area contributed by atoms with Crippen molar-refractivity contribution in [2.24, 2.45) is 0 Å². The van der Waals surface area contributed by atoms with Gasteiger partial charge in [-0.1, -0.05) is 0 Å². The number of esters is 1. The number of sulfone groups is 1. The van der Waals surface area contributed by atoms with Gasteiger partial charge in [-0.3, -0.25) is 9.59 Å². The van der Waals surface area contributed by atoms with Crippen LogP contribution in [0.3, 0.4) is 0 Å². The topological polar surface area (TPSA) is 97.7 Å². The van der Waals surface area contributed by atoms with Crippen LogP contribution in [0.5, 0.6) is 0 Å². The van der Waals surface area contributed by atoms with E-state index in [4.69, 9.17) is 5.11 Å². The first-order valence-electron chi connectivity index (χ1n) is 5.45. The summed E-state index contributed by atoms with van der Waals surface area (Å²) in [6.07, 6.45) is 0.452. The van der Waals surface area contributed by atoms with Gasteiger partial charge in [0.05, 0.1) is 24.5 Å². The standard InChI is InChI=1S/C10H18O6S/c1-2-16-10(13)6-8-17(14,15)7-4-3-5-9(11)12/h2-8H2,1H3,(H,11,12). The van der Waals surface area contributed by atoms with E-state index in [-0.39, 0.29) is 31.0 Å². The number of aliphatic carboxylic acids is 1. The molecule has 0 spiro atoms. The van der Waals surface area contributed by atoms with Crippen molar-refractivity contribution in [2.75, 3.05) is 18.1 Å². The van der Waals surface area contributed by atoms with Crippen molar-refractivity contribution in [1.82, 2.24) is 0 Å². The highest BCUT2D eigenvalue weighted by atomic mass is 32.2. The summed E-state index contributed by atoms with van der Waals surface area (Å²) in [6.45, 7) is 1.88. The average Bonchev–Trinajstić information content (AvgIpc) is 2.22. The molecule has 7 heteroatoms. The third kappa shape index (κ3) is 9.80. The van der Waals surface area contributed by atoms with Crippen LogP contribution in [0.15, 0.2) is 0 Å². The highest BCUT2D eigenvalue weighted by Crippen LogP contribution is 2.03. The Balaban J connectivity index is 3.80. The van der Waals surface area contributed by atoms with Gasteiger partial charge in [-0.2, -0.15) is 0 Å². The summed E-state index contributed by atoms with van der Waals surface area (Å²) >= 11 is 0. The van der Waals surface area contributed by atoms with E-state index < -0.39 is 21.8 Å². The van der Waals surface area contributed by atoms with Crippen LogP contribution in [0.1, 0.15) is 32.6 Å². The largest absolute Gasteiger partial charge is 0.481 e. The molecule has 0 aromatic heterocycles. The Labute approximate surface area is 101 Å². The summed E-state index contributed by atoms with van der Waals surface area (Å²) in [7, 11) is -3.29. The Morgan fingerprint density at radius 1 is 1.12 bits per heavy atom. The molecule has 0 saturated heterocycles. The lowest BCUT2D eigenvalue weighted by molar-refractivity contribution is -0.142. The molecule has 17 heavy (non-hydrogen) atoms. The van der Waals surface area contributed by atoms with Crippen LogP contribution >= 0.6 is 0 Å². The molecule has 6 nitrogen and oxygen atoms in total. The lowest BCUT2D eigenvalue weighted by Crippen LogP contribution is -2.16. The molecule has 0 unspecified atom stereocenters. The summed E-state index contributed by atoms with van der Waals surface area (Å²) in [5.41, 5.74) is 0. The first-order valence-corrected chi connectivity index (χ1v) is 7.27. The molecule has 0 bridgehead atoms. The van der Waals surface area contributed by atoms with Crippen molar-refractivity contribution < 1.29 is 27.9 Å². The Hall–Kier alpha value is -1.11. The number of unbranched alkanes of at least 4 members (excludes halogenated alkanes) is 1. The average molecular weight is 266 g/mol. The van der Waals surface area contributed by atoms with Gasteiger partial charge < -0.3 is 9.84 Å². The van der Waals surface area contributed by atoms with Crippen LogP contribution in [-0.4, -0.2) is 43.6 Å². The number of rotatable bonds is 9. The van der Waals surface area contributed by atoms with Gasteiger partial charge in [-0.25, -0.2) is 8.42 Å². The number of carbonyl (C=O) groups is 2. The molecule has 0 aliphatic heterocycles. The van der Waals surface area contributed by atoms with Crippen molar-refractivity contribution in [3.8, 4) is 0 Å². The van der Waals surface area contributed by atoms with Gasteiger partial charge >= 0.3 is 11.9 Å². The van der Waals surface area contributed by atoms with E-state index in [0.717, 1.165) is 0 Å². The second-order valence-corrected chi connectivity index (χ2v) is 5.86. The normalized spacial score (nSPS) is 11.1. The fourth-order valence-corrected chi connectivity index (χ4v) is 2.50. The zero-order valence-corrected chi connectivity index (χ0v) is 10.7. The Kier molecular flexibility index (Phi) is 7.53. The molecule has 0 aromatic rings. The first kappa shape index (κ1) is 15.9. The maximum Gasteiger partial charge on any atom is 0.306 e. The molecule has 0 aromatic carbocycles. The van der Waals surface area contributed by atoms with Crippen LogP contribution in [0.4, 0.5) is 0 Å². The van der Waals surface area contributed by atoms with Gasteiger partial charge in [-0.15, -0.1) is 0 Å². The predicted molar refractivity (Wildman–Crippen MR) is 61.4 cm³/mol. The Bertz CT molecular complexity index is 346. The fourth-order valence-electron chi connectivity index (χ4n) is 1.17. The highest BCUT2D eigenvalue weighted by molar-refractivity contribution is 7.91. The minimum Gasteiger partial charge on any atom is -0.481 e. The van der Waals surface area contributed by atoms with Gasteiger partial charge in [0.25, 0.3) is 0 Å². The summed E-state index contributed by atoms with van der Waals surface area (Å²) in [5.74, 6) is -1.78. The third-order valence-corrected chi connectivity index (χ3v) is 3.76. The molecule has 0 fully saturated rings. The van der Waals surface area contributed by atoms with Gasteiger partial charge in [0.15, 0.2) is 9.84 Å². The molecular weight excluding hydrogens is 248 g/mol. The van der Waals surface area contributed by atoms with Gasteiger partial charge in [0.2, 0.25) is 0 Å². The van der Waals surface area contributed by atoms with Gasteiger partial charge in [0, 0.05) is 6.42 Å². The minimum atomic E-state index is -3.29. The van der Waals surface area contributed by atoms with Crippen molar-refractivity contribution in [3.05, 3.63) is 0 Å². The van der Waals surface area contributed by atoms with E-state index in [1.807, 2.05) is 0 Å². The molecule has 0 amide bonds. The summed E-state index contributed by atoms with van der Waals surface area (Å²) < 4.78 is 27.5. The molecule has 1 N–H and O–H groups in total. The van der Waals surface area contributed by atoms with Crippen molar-refractivity contribution >= 4 is 21.8 Å².